The van der Waals surface area contributed by atoms with Crippen molar-refractivity contribution in [3.63, 3.8) is 0 Å². The van der Waals surface area contributed by atoms with Gasteiger partial charge in [-0.1, -0.05) is 23.4 Å². The Bertz CT molecular complexity index is 1380. The summed E-state index contributed by atoms with van der Waals surface area (Å²) in [7, 11) is 1.71. The number of carbonyl (C=O) groups is 1. The van der Waals surface area contributed by atoms with Crippen LogP contribution >= 0.6 is 34.7 Å². The Kier molecular flexibility index (Phi) is 5.75. The third-order valence-corrected chi connectivity index (χ3v) is 7.84. The number of carbonyl (C=O) groups excluding carboxylic acids is 1. The molecule has 1 aliphatic rings. The summed E-state index contributed by atoms with van der Waals surface area (Å²) in [4.78, 5) is 36.4. The van der Waals surface area contributed by atoms with Crippen LogP contribution in [-0.4, -0.2) is 36.0 Å². The Morgan fingerprint density at radius 3 is 2.97 bits per heavy atom. The maximum atomic E-state index is 13.0. The Labute approximate surface area is 196 Å². The van der Waals surface area contributed by atoms with E-state index in [9.17, 15) is 9.59 Å². The summed E-state index contributed by atoms with van der Waals surface area (Å²) >= 11 is 8.97. The highest BCUT2D eigenvalue weighted by Gasteiger charge is 2.21. The molecule has 3 aromatic heterocycles. The molecule has 0 unspecified atom stereocenters. The minimum Gasteiger partial charge on any atom is -0.323 e. The molecule has 3 heterocycles. The van der Waals surface area contributed by atoms with E-state index in [0.717, 1.165) is 35.9 Å². The van der Waals surface area contributed by atoms with Crippen molar-refractivity contribution in [2.24, 2.45) is 7.05 Å². The summed E-state index contributed by atoms with van der Waals surface area (Å²) in [5, 5.41) is 8.76. The average molecular weight is 487 g/mol. The third kappa shape index (κ3) is 3.94. The minimum atomic E-state index is -0.238. The fourth-order valence-corrected chi connectivity index (χ4v) is 6.10. The van der Waals surface area contributed by atoms with Gasteiger partial charge < -0.3 is 5.32 Å². The zero-order chi connectivity index (χ0) is 22.2. The van der Waals surface area contributed by atoms with Gasteiger partial charge in [0.05, 0.1) is 22.5 Å². The van der Waals surface area contributed by atoms with Gasteiger partial charge in [-0.15, -0.1) is 11.3 Å². The summed E-state index contributed by atoms with van der Waals surface area (Å²) in [6.07, 6.45) is 7.18. The molecule has 0 saturated heterocycles. The third-order valence-electron chi connectivity index (χ3n) is 5.39. The Morgan fingerprint density at radius 1 is 1.31 bits per heavy atom. The number of hydrogen-bond donors (Lipinski definition) is 1. The molecule has 1 aromatic carbocycles. The van der Waals surface area contributed by atoms with Crippen LogP contribution in [0.3, 0.4) is 0 Å². The van der Waals surface area contributed by atoms with Gasteiger partial charge in [0.2, 0.25) is 5.91 Å². The number of thiophene rings is 1. The van der Waals surface area contributed by atoms with Crippen molar-refractivity contribution >= 4 is 56.5 Å². The molecule has 0 saturated carbocycles. The molecule has 1 N–H and O–H groups in total. The first kappa shape index (κ1) is 21.2. The highest BCUT2D eigenvalue weighted by Crippen LogP contribution is 2.34. The van der Waals surface area contributed by atoms with Crippen molar-refractivity contribution in [1.82, 2.24) is 24.3 Å². The molecular weight excluding hydrogens is 468 g/mol. The van der Waals surface area contributed by atoms with Crippen LogP contribution in [0.2, 0.25) is 5.02 Å². The SMILES string of the molecule is Cn1c(SCC(=O)Nc2cc(Cl)ccc2-n2cncn2)nc2sc3c(c2c1=O)CCCC3. The second-order valence-corrected chi connectivity index (χ2v) is 9.95. The molecule has 5 rings (SSSR count). The first-order chi connectivity index (χ1) is 15.5. The lowest BCUT2D eigenvalue weighted by Crippen LogP contribution is -2.22. The standard InChI is InChI=1S/C21H19ClN6O2S2/c1-27-20(30)18-13-4-2-3-5-16(13)32-19(18)26-21(27)31-9-17(29)25-14-8-12(22)6-7-15(14)28-11-23-10-24-28/h6-8,10-11H,2-5,9H2,1H3,(H,25,29). The molecule has 0 radical (unpaired) electrons. The van der Waals surface area contributed by atoms with Crippen molar-refractivity contribution in [3.8, 4) is 5.69 Å². The molecule has 0 spiro atoms. The van der Waals surface area contributed by atoms with Gasteiger partial charge in [-0.3, -0.25) is 14.2 Å². The highest BCUT2D eigenvalue weighted by atomic mass is 35.5. The minimum absolute atomic E-state index is 0.0411. The van der Waals surface area contributed by atoms with Crippen LogP contribution in [0.4, 0.5) is 5.69 Å². The normalized spacial score (nSPS) is 13.3. The van der Waals surface area contributed by atoms with Crippen LogP contribution < -0.4 is 10.9 Å². The maximum Gasteiger partial charge on any atom is 0.262 e. The zero-order valence-corrected chi connectivity index (χ0v) is 19.6. The molecule has 1 aliphatic carbocycles. The van der Waals surface area contributed by atoms with Crippen LogP contribution in [0.25, 0.3) is 15.9 Å². The summed E-state index contributed by atoms with van der Waals surface area (Å²) in [5.41, 5.74) is 2.30. The second kappa shape index (κ2) is 8.68. The smallest absolute Gasteiger partial charge is 0.262 e. The molecule has 1 amide bonds. The van der Waals surface area contributed by atoms with Gasteiger partial charge in [0, 0.05) is 16.9 Å². The molecule has 0 aliphatic heterocycles. The lowest BCUT2D eigenvalue weighted by molar-refractivity contribution is -0.113. The molecule has 0 atom stereocenters. The Balaban J connectivity index is 1.37. The molecule has 4 aromatic rings. The first-order valence-corrected chi connectivity index (χ1v) is 12.3. The number of rotatable bonds is 5. The number of aromatic nitrogens is 5. The summed E-state index contributed by atoms with van der Waals surface area (Å²) in [6.45, 7) is 0. The fraction of sp³-hybridized carbons (Fsp3) is 0.286. The number of aryl methyl sites for hydroxylation is 2. The number of nitrogens with zero attached hydrogens (tertiary/aromatic N) is 5. The molecule has 11 heteroatoms. The zero-order valence-electron chi connectivity index (χ0n) is 17.2. The number of halogens is 1. The largest absolute Gasteiger partial charge is 0.323 e. The molecular formula is C21H19ClN6O2S2. The monoisotopic (exact) mass is 486 g/mol. The number of thioether (sulfide) groups is 1. The summed E-state index contributed by atoms with van der Waals surface area (Å²) in [6, 6.07) is 5.15. The molecule has 8 nitrogen and oxygen atoms in total. The number of anilines is 1. The highest BCUT2D eigenvalue weighted by molar-refractivity contribution is 7.99. The number of amides is 1. The van der Waals surface area contributed by atoms with Crippen molar-refractivity contribution in [2.45, 2.75) is 30.8 Å². The number of fused-ring (bicyclic) bond motifs is 3. The van der Waals surface area contributed by atoms with Gasteiger partial charge in [-0.2, -0.15) is 5.10 Å². The van der Waals surface area contributed by atoms with Crippen molar-refractivity contribution in [1.29, 1.82) is 0 Å². The van der Waals surface area contributed by atoms with Crippen LogP contribution in [0.1, 0.15) is 23.3 Å². The van der Waals surface area contributed by atoms with Gasteiger partial charge in [0.25, 0.3) is 5.56 Å². The topological polar surface area (TPSA) is 94.7 Å². The van der Waals surface area contributed by atoms with E-state index in [4.69, 9.17) is 16.6 Å². The maximum absolute atomic E-state index is 13.0. The Morgan fingerprint density at radius 2 is 2.16 bits per heavy atom. The lowest BCUT2D eigenvalue weighted by atomic mass is 9.97. The predicted molar refractivity (Wildman–Crippen MR) is 127 cm³/mol. The van der Waals surface area contributed by atoms with Crippen LogP contribution in [-0.2, 0) is 24.7 Å². The van der Waals surface area contributed by atoms with E-state index in [2.05, 4.69) is 15.4 Å². The first-order valence-electron chi connectivity index (χ1n) is 10.1. The van der Waals surface area contributed by atoms with E-state index in [0.29, 0.717) is 21.6 Å². The van der Waals surface area contributed by atoms with Gasteiger partial charge in [-0.25, -0.2) is 14.6 Å². The van der Waals surface area contributed by atoms with Crippen molar-refractivity contribution in [2.75, 3.05) is 11.1 Å². The molecule has 0 bridgehead atoms. The van der Waals surface area contributed by atoms with Crippen LogP contribution in [0, 0.1) is 0 Å². The van der Waals surface area contributed by atoms with Gasteiger partial charge in [-0.05, 0) is 49.4 Å². The predicted octanol–water partition coefficient (Wildman–Crippen LogP) is 3.84. The van der Waals surface area contributed by atoms with E-state index in [1.54, 1.807) is 52.2 Å². The lowest BCUT2D eigenvalue weighted by Gasteiger charge is -2.12. The number of hydrogen-bond acceptors (Lipinski definition) is 7. The van der Waals surface area contributed by atoms with E-state index in [1.807, 2.05) is 0 Å². The number of nitrogens with one attached hydrogen (secondary N) is 1. The van der Waals surface area contributed by atoms with E-state index in [-0.39, 0.29) is 17.2 Å². The molecule has 164 valence electrons. The van der Waals surface area contributed by atoms with Crippen molar-refractivity contribution in [3.05, 3.63) is 56.7 Å². The van der Waals surface area contributed by atoms with Crippen LogP contribution in [0.15, 0.2) is 40.8 Å². The number of benzene rings is 1. The van der Waals surface area contributed by atoms with Crippen LogP contribution in [0.5, 0.6) is 0 Å². The van der Waals surface area contributed by atoms with Crippen molar-refractivity contribution < 1.29 is 4.79 Å². The van der Waals surface area contributed by atoms with E-state index in [1.165, 1.54) is 28.5 Å². The summed E-state index contributed by atoms with van der Waals surface area (Å²) in [5.74, 6) is -0.140. The summed E-state index contributed by atoms with van der Waals surface area (Å²) < 4.78 is 3.10. The van der Waals surface area contributed by atoms with Gasteiger partial charge in [0.15, 0.2) is 5.16 Å². The quantitative estimate of drug-likeness (QED) is 0.340. The average Bonchev–Trinajstić information content (AvgIpc) is 3.43. The Hall–Kier alpha value is -2.69. The molecule has 32 heavy (non-hydrogen) atoms. The van der Waals surface area contributed by atoms with E-state index >= 15 is 0 Å². The van der Waals surface area contributed by atoms with E-state index < -0.39 is 0 Å². The fourth-order valence-electron chi connectivity index (χ4n) is 3.85. The van der Waals surface area contributed by atoms with Gasteiger partial charge >= 0.3 is 0 Å². The molecule has 0 fully saturated rings. The van der Waals surface area contributed by atoms with Gasteiger partial charge in [0.1, 0.15) is 17.5 Å². The second-order valence-electron chi connectivity index (χ2n) is 7.49.